The number of aromatic nitrogens is 1. The lowest BCUT2D eigenvalue weighted by Crippen LogP contribution is -2.04. The van der Waals surface area contributed by atoms with Gasteiger partial charge in [0.15, 0.2) is 0 Å². The lowest BCUT2D eigenvalue weighted by atomic mass is 10.2. The molecule has 0 aliphatic heterocycles. The molecule has 0 bridgehead atoms. The van der Waals surface area contributed by atoms with Crippen molar-refractivity contribution < 1.29 is 9.63 Å². The van der Waals surface area contributed by atoms with E-state index in [1.807, 2.05) is 38.1 Å². The molecule has 114 valence electrons. The van der Waals surface area contributed by atoms with Crippen LogP contribution in [0.3, 0.4) is 0 Å². The number of benzene rings is 1. The molecule has 4 nitrogen and oxygen atoms in total. The molecule has 2 aromatic rings. The van der Waals surface area contributed by atoms with Crippen LogP contribution in [0, 0.1) is 12.8 Å². The van der Waals surface area contributed by atoms with E-state index < -0.39 is 0 Å². The number of hydrogen-bond acceptors (Lipinski definition) is 5. The minimum atomic E-state index is -0.237. The standard InChI is InChI=1S/C16H15ClN2O2S/c1-9-14(10(2)19-21-16(20)12-3-4-12)22-15(18-9)11-5-7-13(17)8-6-11/h5-8,12H,3-4H2,1-2H3/b19-10-. The smallest absolute Gasteiger partial charge is 0.318 e. The average Bonchev–Trinajstić information content (AvgIpc) is 3.28. The number of aryl methyl sites for hydroxylation is 1. The van der Waals surface area contributed by atoms with Crippen molar-refractivity contribution >= 4 is 34.6 Å². The number of halogens is 1. The number of thiazole rings is 1. The van der Waals surface area contributed by atoms with Gasteiger partial charge in [-0.3, -0.25) is 0 Å². The maximum atomic E-state index is 11.5. The fourth-order valence-corrected chi connectivity index (χ4v) is 3.13. The van der Waals surface area contributed by atoms with Gasteiger partial charge in [-0.05, 0) is 38.8 Å². The molecule has 0 N–H and O–H groups in total. The van der Waals surface area contributed by atoms with Crippen LogP contribution in [0.5, 0.6) is 0 Å². The number of carbonyl (C=O) groups excluding carboxylic acids is 1. The van der Waals surface area contributed by atoms with E-state index in [-0.39, 0.29) is 11.9 Å². The van der Waals surface area contributed by atoms with Crippen LogP contribution in [0.15, 0.2) is 29.4 Å². The quantitative estimate of drug-likeness (QED) is 0.471. The first-order valence-electron chi connectivity index (χ1n) is 7.04. The first-order chi connectivity index (χ1) is 10.5. The van der Waals surface area contributed by atoms with Crippen molar-refractivity contribution in [2.45, 2.75) is 26.7 Å². The van der Waals surface area contributed by atoms with Crippen molar-refractivity contribution in [3.05, 3.63) is 39.9 Å². The van der Waals surface area contributed by atoms with Crippen molar-refractivity contribution in [1.82, 2.24) is 4.98 Å². The van der Waals surface area contributed by atoms with Gasteiger partial charge in [-0.15, -0.1) is 11.3 Å². The van der Waals surface area contributed by atoms with Gasteiger partial charge < -0.3 is 4.84 Å². The topological polar surface area (TPSA) is 51.5 Å². The van der Waals surface area contributed by atoms with Crippen molar-refractivity contribution in [1.29, 1.82) is 0 Å². The highest BCUT2D eigenvalue weighted by atomic mass is 35.5. The Morgan fingerprint density at radius 1 is 1.36 bits per heavy atom. The van der Waals surface area contributed by atoms with E-state index in [2.05, 4.69) is 10.1 Å². The highest BCUT2D eigenvalue weighted by molar-refractivity contribution is 7.17. The summed E-state index contributed by atoms with van der Waals surface area (Å²) in [7, 11) is 0. The Morgan fingerprint density at radius 2 is 2.05 bits per heavy atom. The molecule has 1 aliphatic carbocycles. The largest absolute Gasteiger partial charge is 0.338 e. The van der Waals surface area contributed by atoms with Crippen molar-refractivity contribution in [3.8, 4) is 10.6 Å². The van der Waals surface area contributed by atoms with Crippen LogP contribution in [0.2, 0.25) is 5.02 Å². The molecule has 1 aromatic heterocycles. The van der Waals surface area contributed by atoms with E-state index >= 15 is 0 Å². The SMILES string of the molecule is C/C(=N/OC(=O)C1CC1)c1sc(-c2ccc(Cl)cc2)nc1C. The maximum absolute atomic E-state index is 11.5. The molecule has 0 radical (unpaired) electrons. The summed E-state index contributed by atoms with van der Waals surface area (Å²) in [4.78, 5) is 22.0. The molecule has 6 heteroatoms. The molecule has 22 heavy (non-hydrogen) atoms. The lowest BCUT2D eigenvalue weighted by molar-refractivity contribution is -0.145. The monoisotopic (exact) mass is 334 g/mol. The highest BCUT2D eigenvalue weighted by Gasteiger charge is 2.31. The zero-order chi connectivity index (χ0) is 15.7. The molecular weight excluding hydrogens is 320 g/mol. The third-order valence-electron chi connectivity index (χ3n) is 3.40. The normalized spacial score (nSPS) is 15.0. The molecule has 0 saturated heterocycles. The van der Waals surface area contributed by atoms with Crippen LogP contribution in [0.25, 0.3) is 10.6 Å². The molecule has 1 fully saturated rings. The third-order valence-corrected chi connectivity index (χ3v) is 4.97. The number of carbonyl (C=O) groups is 1. The summed E-state index contributed by atoms with van der Waals surface area (Å²) < 4.78 is 0. The second-order valence-electron chi connectivity index (χ2n) is 5.30. The first-order valence-corrected chi connectivity index (χ1v) is 8.23. The summed E-state index contributed by atoms with van der Waals surface area (Å²) in [6.07, 6.45) is 1.82. The van der Waals surface area contributed by atoms with Crippen LogP contribution in [-0.2, 0) is 9.63 Å². The second-order valence-corrected chi connectivity index (χ2v) is 6.74. The Kier molecular flexibility index (Phi) is 4.27. The molecule has 0 atom stereocenters. The zero-order valence-electron chi connectivity index (χ0n) is 12.3. The molecule has 0 unspecified atom stereocenters. The molecule has 0 amide bonds. The minimum Gasteiger partial charge on any atom is -0.318 e. The summed E-state index contributed by atoms with van der Waals surface area (Å²) in [5, 5.41) is 5.55. The number of rotatable bonds is 4. The van der Waals surface area contributed by atoms with Gasteiger partial charge in [-0.2, -0.15) is 0 Å². The van der Waals surface area contributed by atoms with Crippen molar-refractivity contribution in [2.75, 3.05) is 0 Å². The summed E-state index contributed by atoms with van der Waals surface area (Å²) in [6.45, 7) is 3.75. The Labute approximate surface area is 137 Å². The van der Waals surface area contributed by atoms with E-state index in [4.69, 9.17) is 16.4 Å². The first kappa shape index (κ1) is 15.2. The van der Waals surface area contributed by atoms with Gasteiger partial charge in [0.1, 0.15) is 5.01 Å². The van der Waals surface area contributed by atoms with Crippen LogP contribution in [-0.4, -0.2) is 16.7 Å². The number of oxime groups is 1. The van der Waals surface area contributed by atoms with Crippen LogP contribution in [0.4, 0.5) is 0 Å². The predicted octanol–water partition coefficient (Wildman–Crippen LogP) is 4.45. The van der Waals surface area contributed by atoms with Gasteiger partial charge >= 0.3 is 5.97 Å². The second kappa shape index (κ2) is 6.18. The lowest BCUT2D eigenvalue weighted by Gasteiger charge is -1.98. The van der Waals surface area contributed by atoms with Gasteiger partial charge in [0.05, 0.1) is 22.2 Å². The van der Waals surface area contributed by atoms with Crippen LogP contribution in [0.1, 0.15) is 30.3 Å². The van der Waals surface area contributed by atoms with Gasteiger partial charge in [0.25, 0.3) is 0 Å². The van der Waals surface area contributed by atoms with E-state index in [1.54, 1.807) is 0 Å². The average molecular weight is 335 g/mol. The minimum absolute atomic E-state index is 0.0451. The van der Waals surface area contributed by atoms with Gasteiger partial charge in [-0.1, -0.05) is 28.9 Å². The third kappa shape index (κ3) is 3.36. The number of hydrogen-bond donors (Lipinski definition) is 0. The molecule has 1 aliphatic rings. The fraction of sp³-hybridized carbons (Fsp3) is 0.312. The summed E-state index contributed by atoms with van der Waals surface area (Å²) in [6, 6.07) is 7.55. The molecule has 1 saturated carbocycles. The molecular formula is C16H15ClN2O2S. The Morgan fingerprint density at radius 3 is 2.68 bits per heavy atom. The highest BCUT2D eigenvalue weighted by Crippen LogP contribution is 2.31. The molecule has 3 rings (SSSR count). The fourth-order valence-electron chi connectivity index (χ4n) is 2.00. The van der Waals surface area contributed by atoms with E-state index in [0.717, 1.165) is 34.0 Å². The Hall–Kier alpha value is -1.72. The predicted molar refractivity (Wildman–Crippen MR) is 88.3 cm³/mol. The van der Waals surface area contributed by atoms with Crippen molar-refractivity contribution in [2.24, 2.45) is 11.1 Å². The summed E-state index contributed by atoms with van der Waals surface area (Å²) in [5.41, 5.74) is 2.55. The van der Waals surface area contributed by atoms with Gasteiger partial charge in [-0.25, -0.2) is 9.78 Å². The Bertz CT molecular complexity index is 733. The van der Waals surface area contributed by atoms with Crippen LogP contribution < -0.4 is 0 Å². The van der Waals surface area contributed by atoms with Gasteiger partial charge in [0, 0.05) is 10.6 Å². The number of nitrogens with zero attached hydrogens (tertiary/aromatic N) is 2. The van der Waals surface area contributed by atoms with E-state index in [0.29, 0.717) is 10.7 Å². The molecule has 1 aromatic carbocycles. The van der Waals surface area contributed by atoms with E-state index in [9.17, 15) is 4.79 Å². The van der Waals surface area contributed by atoms with Crippen molar-refractivity contribution in [3.63, 3.8) is 0 Å². The summed E-state index contributed by atoms with van der Waals surface area (Å²) in [5.74, 6) is -0.192. The molecule has 0 spiro atoms. The van der Waals surface area contributed by atoms with Gasteiger partial charge in [0.2, 0.25) is 0 Å². The van der Waals surface area contributed by atoms with Crippen LogP contribution >= 0.6 is 22.9 Å². The Balaban J connectivity index is 1.80. The summed E-state index contributed by atoms with van der Waals surface area (Å²) >= 11 is 7.43. The maximum Gasteiger partial charge on any atom is 0.338 e. The van der Waals surface area contributed by atoms with E-state index in [1.165, 1.54) is 11.3 Å². The molecule has 1 heterocycles. The zero-order valence-corrected chi connectivity index (χ0v) is 13.9.